The first kappa shape index (κ1) is 16.0. The molecule has 2 amide bonds. The summed E-state index contributed by atoms with van der Waals surface area (Å²) in [6.07, 6.45) is 0.826. The van der Waals surface area contributed by atoms with Gasteiger partial charge in [-0.3, -0.25) is 9.59 Å². The van der Waals surface area contributed by atoms with Crippen LogP contribution in [0.5, 0.6) is 0 Å². The molecule has 6 nitrogen and oxygen atoms in total. The lowest BCUT2D eigenvalue weighted by molar-refractivity contribution is -0.117. The first-order chi connectivity index (χ1) is 11.1. The first-order valence-corrected chi connectivity index (χ1v) is 8.09. The zero-order valence-electron chi connectivity index (χ0n) is 13.3. The van der Waals surface area contributed by atoms with Gasteiger partial charge in [-0.05, 0) is 37.6 Å². The molecule has 0 radical (unpaired) electrons. The van der Waals surface area contributed by atoms with Gasteiger partial charge in [0.1, 0.15) is 0 Å². The standard InChI is InChI=1S/C17H22N2O4/c1-2-18(14-10-23-11-15(14)20)17(22)12-5-7-13(8-6-12)19-9-3-4-16(19)21/h5-8,14-15,20H,2-4,9-11H2,1H3/t14-,15-/m1/s1. The Morgan fingerprint density at radius 1 is 1.35 bits per heavy atom. The summed E-state index contributed by atoms with van der Waals surface area (Å²) in [5.74, 6) is 0.00633. The van der Waals surface area contributed by atoms with E-state index in [-0.39, 0.29) is 24.5 Å². The SMILES string of the molecule is CCN(C(=O)c1ccc(N2CCCC2=O)cc1)[C@@H]1COC[C@H]1O. The quantitative estimate of drug-likeness (QED) is 0.900. The van der Waals surface area contributed by atoms with E-state index in [2.05, 4.69) is 0 Å². The van der Waals surface area contributed by atoms with Crippen LogP contribution in [0, 0.1) is 0 Å². The zero-order valence-corrected chi connectivity index (χ0v) is 13.3. The van der Waals surface area contributed by atoms with Crippen LogP contribution in [0.2, 0.25) is 0 Å². The van der Waals surface area contributed by atoms with Crippen molar-refractivity contribution in [1.29, 1.82) is 0 Å². The Hall–Kier alpha value is -1.92. The normalized spacial score (nSPS) is 24.3. The predicted molar refractivity (Wildman–Crippen MR) is 85.4 cm³/mol. The highest BCUT2D eigenvalue weighted by Gasteiger charge is 2.34. The minimum absolute atomic E-state index is 0.124. The van der Waals surface area contributed by atoms with Gasteiger partial charge in [-0.2, -0.15) is 0 Å². The second-order valence-corrected chi connectivity index (χ2v) is 5.96. The molecular weight excluding hydrogens is 296 g/mol. The van der Waals surface area contributed by atoms with Crippen molar-refractivity contribution >= 4 is 17.5 Å². The molecule has 2 fully saturated rings. The van der Waals surface area contributed by atoms with E-state index in [4.69, 9.17) is 4.74 Å². The highest BCUT2D eigenvalue weighted by Crippen LogP contribution is 2.23. The number of anilines is 1. The molecule has 6 heteroatoms. The Balaban J connectivity index is 1.75. The van der Waals surface area contributed by atoms with Crippen molar-refractivity contribution in [1.82, 2.24) is 4.90 Å². The maximum atomic E-state index is 12.7. The molecule has 2 aliphatic rings. The number of amides is 2. The summed E-state index contributed by atoms with van der Waals surface area (Å²) in [4.78, 5) is 27.8. The summed E-state index contributed by atoms with van der Waals surface area (Å²) in [7, 11) is 0. The molecule has 1 aromatic rings. The van der Waals surface area contributed by atoms with Gasteiger partial charge in [0.05, 0.1) is 25.4 Å². The Labute approximate surface area is 135 Å². The zero-order chi connectivity index (χ0) is 16.4. The fourth-order valence-electron chi connectivity index (χ4n) is 3.23. The molecule has 1 aromatic carbocycles. The molecule has 1 N–H and O–H groups in total. The second-order valence-electron chi connectivity index (χ2n) is 5.96. The van der Waals surface area contributed by atoms with E-state index in [9.17, 15) is 14.7 Å². The molecular formula is C17H22N2O4. The number of rotatable bonds is 4. The van der Waals surface area contributed by atoms with Gasteiger partial charge >= 0.3 is 0 Å². The molecule has 23 heavy (non-hydrogen) atoms. The van der Waals surface area contributed by atoms with Crippen LogP contribution in [0.3, 0.4) is 0 Å². The van der Waals surface area contributed by atoms with E-state index in [1.807, 2.05) is 19.1 Å². The summed E-state index contributed by atoms with van der Waals surface area (Å²) in [6.45, 7) is 3.76. The van der Waals surface area contributed by atoms with Crippen LogP contribution in [0.15, 0.2) is 24.3 Å². The Morgan fingerprint density at radius 3 is 2.61 bits per heavy atom. The van der Waals surface area contributed by atoms with Crippen LogP contribution in [-0.2, 0) is 9.53 Å². The van der Waals surface area contributed by atoms with Crippen molar-refractivity contribution in [3.05, 3.63) is 29.8 Å². The number of aliphatic hydroxyl groups excluding tert-OH is 1. The number of hydrogen-bond acceptors (Lipinski definition) is 4. The average Bonchev–Trinajstić information content (AvgIpc) is 3.17. The molecule has 2 heterocycles. The Kier molecular flexibility index (Phi) is 4.63. The molecule has 124 valence electrons. The van der Waals surface area contributed by atoms with Crippen molar-refractivity contribution in [3.8, 4) is 0 Å². The van der Waals surface area contributed by atoms with E-state index in [1.54, 1.807) is 21.9 Å². The second kappa shape index (κ2) is 6.68. The molecule has 3 rings (SSSR count). The minimum atomic E-state index is -0.639. The fraction of sp³-hybridized carbons (Fsp3) is 0.529. The van der Waals surface area contributed by atoms with Gasteiger partial charge in [0.2, 0.25) is 5.91 Å². The predicted octanol–water partition coefficient (Wildman–Crippen LogP) is 1.04. The third kappa shape index (κ3) is 3.09. The summed E-state index contributed by atoms with van der Waals surface area (Å²) in [5.41, 5.74) is 1.39. The minimum Gasteiger partial charge on any atom is -0.388 e. The number of likely N-dealkylation sites (N-methyl/N-ethyl adjacent to an activating group) is 1. The van der Waals surface area contributed by atoms with Crippen molar-refractivity contribution in [2.24, 2.45) is 0 Å². The molecule has 0 spiro atoms. The molecule has 0 aromatic heterocycles. The van der Waals surface area contributed by atoms with Gasteiger partial charge in [0.15, 0.2) is 0 Å². The molecule has 2 atom stereocenters. The van der Waals surface area contributed by atoms with Gasteiger partial charge < -0.3 is 19.6 Å². The molecule has 0 aliphatic carbocycles. The smallest absolute Gasteiger partial charge is 0.254 e. The summed E-state index contributed by atoms with van der Waals surface area (Å²) < 4.78 is 5.25. The molecule has 0 bridgehead atoms. The van der Waals surface area contributed by atoms with Gasteiger partial charge in [-0.15, -0.1) is 0 Å². The van der Waals surface area contributed by atoms with Crippen molar-refractivity contribution < 1.29 is 19.4 Å². The monoisotopic (exact) mass is 318 g/mol. The third-order valence-electron chi connectivity index (χ3n) is 4.52. The van der Waals surface area contributed by atoms with Crippen LogP contribution < -0.4 is 4.90 Å². The highest BCUT2D eigenvalue weighted by atomic mass is 16.5. The van der Waals surface area contributed by atoms with E-state index in [0.717, 1.165) is 18.7 Å². The molecule has 2 saturated heterocycles. The largest absolute Gasteiger partial charge is 0.388 e. The number of nitrogens with zero attached hydrogens (tertiary/aromatic N) is 2. The van der Waals surface area contributed by atoms with Crippen molar-refractivity contribution in [2.45, 2.75) is 31.9 Å². The van der Waals surface area contributed by atoms with Crippen molar-refractivity contribution in [3.63, 3.8) is 0 Å². The van der Waals surface area contributed by atoms with E-state index < -0.39 is 6.10 Å². The lowest BCUT2D eigenvalue weighted by atomic mass is 10.1. The van der Waals surface area contributed by atoms with Crippen LogP contribution in [0.4, 0.5) is 5.69 Å². The molecule has 2 aliphatic heterocycles. The maximum absolute atomic E-state index is 12.7. The van der Waals surface area contributed by atoms with Gasteiger partial charge in [0.25, 0.3) is 5.91 Å². The van der Waals surface area contributed by atoms with Gasteiger partial charge in [-0.25, -0.2) is 0 Å². The Bertz CT molecular complexity index is 587. The number of aliphatic hydroxyl groups is 1. The number of carbonyl (C=O) groups excluding carboxylic acids is 2. The van der Waals surface area contributed by atoms with Crippen LogP contribution >= 0.6 is 0 Å². The maximum Gasteiger partial charge on any atom is 0.254 e. The third-order valence-corrected chi connectivity index (χ3v) is 4.52. The van der Waals surface area contributed by atoms with E-state index in [0.29, 0.717) is 25.1 Å². The van der Waals surface area contributed by atoms with Crippen LogP contribution in [-0.4, -0.2) is 60.3 Å². The number of carbonyl (C=O) groups is 2. The Morgan fingerprint density at radius 2 is 2.09 bits per heavy atom. The number of hydrogen-bond donors (Lipinski definition) is 1. The van der Waals surface area contributed by atoms with Crippen molar-refractivity contribution in [2.75, 3.05) is 31.2 Å². The first-order valence-electron chi connectivity index (χ1n) is 8.09. The average molecular weight is 318 g/mol. The summed E-state index contributed by atoms with van der Waals surface area (Å²) >= 11 is 0. The summed E-state index contributed by atoms with van der Waals surface area (Å²) in [5, 5.41) is 9.94. The number of ether oxygens (including phenoxy) is 1. The topological polar surface area (TPSA) is 70.1 Å². The van der Waals surface area contributed by atoms with Crippen LogP contribution in [0.1, 0.15) is 30.1 Å². The lowest BCUT2D eigenvalue weighted by Gasteiger charge is -2.29. The molecule has 0 unspecified atom stereocenters. The van der Waals surface area contributed by atoms with E-state index >= 15 is 0 Å². The van der Waals surface area contributed by atoms with Gasteiger partial charge in [0, 0.05) is 30.8 Å². The summed E-state index contributed by atoms with van der Waals surface area (Å²) in [6, 6.07) is 6.81. The molecule has 0 saturated carbocycles. The van der Waals surface area contributed by atoms with Gasteiger partial charge in [-0.1, -0.05) is 0 Å². The van der Waals surface area contributed by atoms with Crippen LogP contribution in [0.25, 0.3) is 0 Å². The highest BCUT2D eigenvalue weighted by molar-refractivity contribution is 5.97. The van der Waals surface area contributed by atoms with E-state index in [1.165, 1.54) is 0 Å². The number of benzene rings is 1. The fourth-order valence-corrected chi connectivity index (χ4v) is 3.23. The lowest BCUT2D eigenvalue weighted by Crippen LogP contribution is -2.46.